The number of aliphatic hydroxyl groups excluding tert-OH is 1. The van der Waals surface area contributed by atoms with Crippen molar-refractivity contribution >= 4 is 17.3 Å². The highest BCUT2D eigenvalue weighted by atomic mass is 35.5. The van der Waals surface area contributed by atoms with E-state index in [4.69, 9.17) is 11.6 Å². The minimum atomic E-state index is -4.42. The SMILES string of the molecule is Cc1ccc(NCC(O)CCl)c(C(F)(F)F)c1. The number of rotatable bonds is 4. The Morgan fingerprint density at radius 3 is 2.59 bits per heavy atom. The summed E-state index contributed by atoms with van der Waals surface area (Å²) in [5, 5.41) is 11.7. The van der Waals surface area contributed by atoms with Gasteiger partial charge < -0.3 is 10.4 Å². The van der Waals surface area contributed by atoms with Gasteiger partial charge in [-0.15, -0.1) is 11.6 Å². The Balaban J connectivity index is 2.91. The number of nitrogens with one attached hydrogen (secondary N) is 1. The predicted molar refractivity (Wildman–Crippen MR) is 61.4 cm³/mol. The zero-order chi connectivity index (χ0) is 13.1. The Bertz CT molecular complexity index is 381. The van der Waals surface area contributed by atoms with E-state index < -0.39 is 17.8 Å². The van der Waals surface area contributed by atoms with Crippen LogP contribution in [-0.2, 0) is 6.18 Å². The number of benzene rings is 1. The summed E-state index contributed by atoms with van der Waals surface area (Å²) in [6, 6.07) is 3.99. The van der Waals surface area contributed by atoms with Crippen molar-refractivity contribution in [2.75, 3.05) is 17.7 Å². The molecule has 6 heteroatoms. The molecule has 0 amide bonds. The van der Waals surface area contributed by atoms with Crippen LogP contribution in [0.25, 0.3) is 0 Å². The largest absolute Gasteiger partial charge is 0.418 e. The summed E-state index contributed by atoms with van der Waals surface area (Å²) in [5.41, 5.74) is -0.257. The molecule has 0 radical (unpaired) electrons. The Hall–Kier alpha value is -0.940. The molecule has 0 saturated heterocycles. The van der Waals surface area contributed by atoms with Gasteiger partial charge in [-0.25, -0.2) is 0 Å². The van der Waals surface area contributed by atoms with Gasteiger partial charge in [0, 0.05) is 12.2 Å². The van der Waals surface area contributed by atoms with E-state index in [0.717, 1.165) is 6.07 Å². The molecule has 0 fully saturated rings. The lowest BCUT2D eigenvalue weighted by Crippen LogP contribution is -2.22. The molecule has 17 heavy (non-hydrogen) atoms. The fraction of sp³-hybridized carbons (Fsp3) is 0.455. The lowest BCUT2D eigenvalue weighted by atomic mass is 10.1. The summed E-state index contributed by atoms with van der Waals surface area (Å²) in [7, 11) is 0. The lowest BCUT2D eigenvalue weighted by Gasteiger charge is -2.16. The van der Waals surface area contributed by atoms with E-state index in [1.54, 1.807) is 13.0 Å². The fourth-order valence-corrected chi connectivity index (χ4v) is 1.44. The van der Waals surface area contributed by atoms with Crippen LogP contribution >= 0.6 is 11.6 Å². The predicted octanol–water partition coefficient (Wildman–Crippen LogP) is 3.03. The third kappa shape index (κ3) is 4.09. The van der Waals surface area contributed by atoms with Crippen LogP contribution in [0.4, 0.5) is 18.9 Å². The molecule has 0 aromatic heterocycles. The topological polar surface area (TPSA) is 32.3 Å². The smallest absolute Gasteiger partial charge is 0.390 e. The quantitative estimate of drug-likeness (QED) is 0.822. The van der Waals surface area contributed by atoms with Gasteiger partial charge in [-0.3, -0.25) is 0 Å². The number of aryl methyl sites for hydroxylation is 1. The van der Waals surface area contributed by atoms with Gasteiger partial charge in [0.1, 0.15) is 0 Å². The van der Waals surface area contributed by atoms with Gasteiger partial charge in [-0.2, -0.15) is 13.2 Å². The first-order chi connectivity index (χ1) is 7.84. The maximum absolute atomic E-state index is 12.7. The first-order valence-electron chi connectivity index (χ1n) is 5.00. The van der Waals surface area contributed by atoms with Gasteiger partial charge in [-0.1, -0.05) is 11.6 Å². The van der Waals surface area contributed by atoms with E-state index in [9.17, 15) is 18.3 Å². The Kier molecular flexibility index (Phi) is 4.65. The highest BCUT2D eigenvalue weighted by molar-refractivity contribution is 6.18. The van der Waals surface area contributed by atoms with E-state index in [0.29, 0.717) is 5.56 Å². The van der Waals surface area contributed by atoms with Crippen LogP contribution in [0.5, 0.6) is 0 Å². The molecule has 1 aromatic rings. The van der Waals surface area contributed by atoms with Crippen LogP contribution in [0.1, 0.15) is 11.1 Å². The van der Waals surface area contributed by atoms with Gasteiger partial charge in [0.05, 0.1) is 17.5 Å². The van der Waals surface area contributed by atoms with Crippen LogP contribution in [0.3, 0.4) is 0 Å². The van der Waals surface area contributed by atoms with Crippen molar-refractivity contribution < 1.29 is 18.3 Å². The summed E-state index contributed by atoms with van der Waals surface area (Å²) < 4.78 is 38.1. The van der Waals surface area contributed by atoms with Gasteiger partial charge in [0.25, 0.3) is 0 Å². The summed E-state index contributed by atoms with van der Waals surface area (Å²) >= 11 is 5.36. The molecule has 0 aliphatic rings. The molecule has 1 aromatic carbocycles. The van der Waals surface area contributed by atoms with Crippen molar-refractivity contribution in [3.63, 3.8) is 0 Å². The van der Waals surface area contributed by atoms with Crippen molar-refractivity contribution in [2.24, 2.45) is 0 Å². The molecule has 0 aliphatic heterocycles. The Morgan fingerprint density at radius 2 is 2.06 bits per heavy atom. The summed E-state index contributed by atoms with van der Waals surface area (Å²) in [5.74, 6) is -0.0276. The minimum absolute atomic E-state index is 0.0182. The first kappa shape index (κ1) is 14.1. The summed E-state index contributed by atoms with van der Waals surface area (Å²) in [6.45, 7) is 1.57. The van der Waals surface area contributed by atoms with Crippen LogP contribution in [0, 0.1) is 6.92 Å². The number of aliphatic hydroxyl groups is 1. The number of alkyl halides is 4. The average molecular weight is 268 g/mol. The van der Waals surface area contributed by atoms with Crippen LogP contribution in [-0.4, -0.2) is 23.6 Å². The molecule has 2 nitrogen and oxygen atoms in total. The van der Waals surface area contributed by atoms with Crippen molar-refractivity contribution in [2.45, 2.75) is 19.2 Å². The van der Waals surface area contributed by atoms with E-state index in [-0.39, 0.29) is 18.1 Å². The molecule has 0 heterocycles. The second-order valence-electron chi connectivity index (χ2n) is 3.74. The zero-order valence-electron chi connectivity index (χ0n) is 9.18. The molecule has 1 atom stereocenters. The van der Waals surface area contributed by atoms with Crippen molar-refractivity contribution in [3.05, 3.63) is 29.3 Å². The summed E-state index contributed by atoms with van der Waals surface area (Å²) in [4.78, 5) is 0. The van der Waals surface area contributed by atoms with E-state index in [1.807, 2.05) is 0 Å². The van der Waals surface area contributed by atoms with Crippen LogP contribution in [0.15, 0.2) is 18.2 Å². The highest BCUT2D eigenvalue weighted by Crippen LogP contribution is 2.35. The molecule has 0 spiro atoms. The van der Waals surface area contributed by atoms with Crippen molar-refractivity contribution in [1.82, 2.24) is 0 Å². The monoisotopic (exact) mass is 267 g/mol. The number of hydrogen-bond donors (Lipinski definition) is 2. The lowest BCUT2D eigenvalue weighted by molar-refractivity contribution is -0.137. The number of anilines is 1. The van der Waals surface area contributed by atoms with Gasteiger partial charge >= 0.3 is 6.18 Å². The van der Waals surface area contributed by atoms with E-state index in [2.05, 4.69) is 5.32 Å². The van der Waals surface area contributed by atoms with Gasteiger partial charge in [0.15, 0.2) is 0 Å². The highest BCUT2D eigenvalue weighted by Gasteiger charge is 2.33. The molecular weight excluding hydrogens is 255 g/mol. The Morgan fingerprint density at radius 1 is 1.41 bits per heavy atom. The molecule has 0 bridgehead atoms. The number of hydrogen-bond acceptors (Lipinski definition) is 2. The van der Waals surface area contributed by atoms with E-state index >= 15 is 0 Å². The van der Waals surface area contributed by atoms with Crippen LogP contribution in [0.2, 0.25) is 0 Å². The second-order valence-corrected chi connectivity index (χ2v) is 4.04. The minimum Gasteiger partial charge on any atom is -0.390 e. The molecule has 1 unspecified atom stereocenters. The van der Waals surface area contributed by atoms with Crippen LogP contribution < -0.4 is 5.32 Å². The Labute approximate surface area is 102 Å². The summed E-state index contributed by atoms with van der Waals surface area (Å²) in [6.07, 6.45) is -5.29. The molecule has 1 rings (SSSR count). The molecule has 2 N–H and O–H groups in total. The van der Waals surface area contributed by atoms with Crippen molar-refractivity contribution in [3.8, 4) is 0 Å². The standard InChI is InChI=1S/C11H13ClF3NO/c1-7-2-3-10(16-6-8(17)5-12)9(4-7)11(13,14)15/h2-4,8,16-17H,5-6H2,1H3. The van der Waals surface area contributed by atoms with Gasteiger partial charge in [-0.05, 0) is 19.1 Å². The molecule has 96 valence electrons. The zero-order valence-corrected chi connectivity index (χ0v) is 9.94. The normalized spacial score (nSPS) is 13.5. The molecular formula is C11H13ClF3NO. The third-order valence-corrected chi connectivity index (χ3v) is 2.54. The average Bonchev–Trinajstić information content (AvgIpc) is 2.25. The van der Waals surface area contributed by atoms with Gasteiger partial charge in [0.2, 0.25) is 0 Å². The first-order valence-corrected chi connectivity index (χ1v) is 5.54. The fourth-order valence-electron chi connectivity index (χ4n) is 1.33. The maximum Gasteiger partial charge on any atom is 0.418 e. The third-order valence-electron chi connectivity index (χ3n) is 2.19. The number of halogens is 4. The molecule has 0 aliphatic carbocycles. The van der Waals surface area contributed by atoms with E-state index in [1.165, 1.54) is 6.07 Å². The maximum atomic E-state index is 12.7. The molecule has 0 saturated carbocycles. The second kappa shape index (κ2) is 5.60. The van der Waals surface area contributed by atoms with Crippen molar-refractivity contribution in [1.29, 1.82) is 0 Å².